The zero-order valence-corrected chi connectivity index (χ0v) is 10.4. The Morgan fingerprint density at radius 3 is 1.64 bits per heavy atom. The van der Waals surface area contributed by atoms with Crippen LogP contribution in [0.1, 0.15) is 20.8 Å². The summed E-state index contributed by atoms with van der Waals surface area (Å²) in [6.07, 6.45) is 0. The summed E-state index contributed by atoms with van der Waals surface area (Å²) in [6.45, 7) is 7.10. The molecule has 0 atom stereocenters. The van der Waals surface area contributed by atoms with Crippen LogP contribution in [0.2, 0.25) is 0 Å². The lowest BCUT2D eigenvalue weighted by molar-refractivity contribution is 0.262. The van der Waals surface area contributed by atoms with Crippen LogP contribution < -0.4 is 11.5 Å². The van der Waals surface area contributed by atoms with E-state index in [1.165, 1.54) is 0 Å². The lowest BCUT2D eigenvalue weighted by atomic mass is 10.2. The molecule has 0 unspecified atom stereocenters. The predicted octanol–water partition coefficient (Wildman–Crippen LogP) is 1.17. The molecule has 4 nitrogen and oxygen atoms in total. The molecule has 0 heterocycles. The van der Waals surface area contributed by atoms with Crippen molar-refractivity contribution in [2.45, 2.75) is 20.8 Å². The fraction of sp³-hybridized carbons (Fsp3) is 0.750. The first-order valence-electron chi connectivity index (χ1n) is 4.24. The molecule has 0 rings (SSSR count). The van der Waals surface area contributed by atoms with Crippen molar-refractivity contribution in [2.75, 3.05) is 13.2 Å². The normalized spacial score (nSPS) is 8.57. The van der Waals surface area contributed by atoms with Crippen LogP contribution in [0, 0.1) is 5.92 Å². The van der Waals surface area contributed by atoms with Crippen molar-refractivity contribution in [2.24, 2.45) is 17.4 Å². The van der Waals surface area contributed by atoms with Gasteiger partial charge in [-0.1, -0.05) is 13.8 Å². The lowest BCUT2D eigenvalue weighted by Crippen LogP contribution is -2.15. The van der Waals surface area contributed by atoms with E-state index in [1.807, 2.05) is 20.8 Å². The fourth-order valence-electron chi connectivity index (χ4n) is 0.391. The molecule has 14 heavy (non-hydrogen) atoms. The van der Waals surface area contributed by atoms with Crippen LogP contribution >= 0.6 is 24.4 Å². The number of hydrogen-bond donors (Lipinski definition) is 2. The summed E-state index contributed by atoms with van der Waals surface area (Å²) >= 11 is 8.82. The Bertz CT molecular complexity index is 175. The maximum Gasteiger partial charge on any atom is 0.253 e. The SMILES string of the molecule is CC(C)COC(N)=S.CCOC(N)=S. The first-order chi connectivity index (χ1) is 6.40. The highest BCUT2D eigenvalue weighted by Crippen LogP contribution is 1.90. The predicted molar refractivity (Wildman–Crippen MR) is 66.0 cm³/mol. The molecule has 6 heteroatoms. The van der Waals surface area contributed by atoms with Gasteiger partial charge in [0, 0.05) is 0 Å². The Balaban J connectivity index is 0. The molecule has 0 bridgehead atoms. The first kappa shape index (κ1) is 15.8. The fourth-order valence-corrected chi connectivity index (χ4v) is 0.577. The molecule has 0 aromatic heterocycles. The molecule has 0 aliphatic rings. The molecule has 0 amide bonds. The molecule has 0 aliphatic heterocycles. The average Bonchev–Trinajstić information content (AvgIpc) is 2.01. The summed E-state index contributed by atoms with van der Waals surface area (Å²) in [5.41, 5.74) is 9.96. The van der Waals surface area contributed by atoms with Crippen molar-refractivity contribution >= 4 is 34.8 Å². The van der Waals surface area contributed by atoms with Gasteiger partial charge in [0.05, 0.1) is 13.2 Å². The minimum absolute atomic E-state index is 0.123. The van der Waals surface area contributed by atoms with E-state index in [9.17, 15) is 0 Å². The van der Waals surface area contributed by atoms with Gasteiger partial charge in [-0.3, -0.25) is 0 Å². The highest BCUT2D eigenvalue weighted by Gasteiger charge is 1.92. The van der Waals surface area contributed by atoms with Crippen LogP contribution in [0.3, 0.4) is 0 Å². The molecule has 0 spiro atoms. The van der Waals surface area contributed by atoms with Gasteiger partial charge in [0.1, 0.15) is 0 Å². The van der Waals surface area contributed by atoms with Crippen molar-refractivity contribution in [1.82, 2.24) is 0 Å². The quantitative estimate of drug-likeness (QED) is 0.719. The molecule has 0 radical (unpaired) electrons. The number of nitrogens with two attached hydrogens (primary N) is 2. The molecular weight excluding hydrogens is 220 g/mol. The van der Waals surface area contributed by atoms with E-state index < -0.39 is 0 Å². The van der Waals surface area contributed by atoms with E-state index in [0.717, 1.165) is 0 Å². The summed E-state index contributed by atoms with van der Waals surface area (Å²) in [7, 11) is 0. The van der Waals surface area contributed by atoms with Crippen molar-refractivity contribution in [1.29, 1.82) is 0 Å². The molecule has 0 saturated carbocycles. The minimum atomic E-state index is 0.123. The molecule has 0 aromatic carbocycles. The monoisotopic (exact) mass is 238 g/mol. The van der Waals surface area contributed by atoms with Gasteiger partial charge < -0.3 is 20.9 Å². The van der Waals surface area contributed by atoms with Crippen LogP contribution in [0.25, 0.3) is 0 Å². The lowest BCUT2D eigenvalue weighted by Gasteiger charge is -2.04. The second-order valence-electron chi connectivity index (χ2n) is 2.78. The van der Waals surface area contributed by atoms with Gasteiger partial charge in [-0.2, -0.15) is 0 Å². The van der Waals surface area contributed by atoms with E-state index in [-0.39, 0.29) is 10.3 Å². The van der Waals surface area contributed by atoms with E-state index in [2.05, 4.69) is 29.2 Å². The van der Waals surface area contributed by atoms with Crippen LogP contribution in [-0.2, 0) is 9.47 Å². The Morgan fingerprint density at radius 1 is 1.14 bits per heavy atom. The molecule has 4 N–H and O–H groups in total. The second kappa shape index (κ2) is 10.5. The van der Waals surface area contributed by atoms with Gasteiger partial charge in [-0.05, 0) is 37.3 Å². The van der Waals surface area contributed by atoms with Crippen molar-refractivity contribution in [3.63, 3.8) is 0 Å². The van der Waals surface area contributed by atoms with E-state index in [1.54, 1.807) is 0 Å². The van der Waals surface area contributed by atoms with E-state index in [4.69, 9.17) is 16.2 Å². The average molecular weight is 238 g/mol. The number of rotatable bonds is 3. The summed E-state index contributed by atoms with van der Waals surface area (Å²) in [4.78, 5) is 0. The van der Waals surface area contributed by atoms with Gasteiger partial charge in [0.2, 0.25) is 0 Å². The Kier molecular flexibility index (Phi) is 11.8. The number of hydrogen-bond acceptors (Lipinski definition) is 4. The van der Waals surface area contributed by atoms with Gasteiger partial charge in [-0.25, -0.2) is 0 Å². The number of thiocarbonyl (C=S) groups is 2. The minimum Gasteiger partial charge on any atom is -0.472 e. The Hall–Kier alpha value is -0.620. The largest absolute Gasteiger partial charge is 0.472 e. The van der Waals surface area contributed by atoms with Gasteiger partial charge in [-0.15, -0.1) is 0 Å². The van der Waals surface area contributed by atoms with E-state index >= 15 is 0 Å². The zero-order chi connectivity index (χ0) is 11.6. The third-order valence-electron chi connectivity index (χ3n) is 0.846. The summed E-state index contributed by atoms with van der Waals surface area (Å²) in [6, 6.07) is 0. The standard InChI is InChI=1S/C5H11NOS.C3H7NOS/c1-4(2)3-7-5(6)8;1-2-5-3(4)6/h4H,3H2,1-2H3,(H2,6,8);2H2,1H3,(H2,4,6). The third-order valence-corrected chi connectivity index (χ3v) is 1.08. The zero-order valence-electron chi connectivity index (χ0n) is 8.78. The topological polar surface area (TPSA) is 70.5 Å². The van der Waals surface area contributed by atoms with Gasteiger partial charge in [0.25, 0.3) is 10.3 Å². The van der Waals surface area contributed by atoms with Crippen LogP contribution in [0.15, 0.2) is 0 Å². The third kappa shape index (κ3) is 22.5. The Morgan fingerprint density at radius 2 is 1.57 bits per heavy atom. The molecule has 0 aliphatic carbocycles. The maximum atomic E-state index is 5.05. The molecule has 0 aromatic rings. The van der Waals surface area contributed by atoms with Crippen LogP contribution in [0.5, 0.6) is 0 Å². The number of ether oxygens (including phenoxy) is 2. The summed E-state index contributed by atoms with van der Waals surface area (Å²) in [5.74, 6) is 0.497. The molecule has 0 fully saturated rings. The van der Waals surface area contributed by atoms with Crippen LogP contribution in [-0.4, -0.2) is 23.6 Å². The van der Waals surface area contributed by atoms with Crippen molar-refractivity contribution in [3.8, 4) is 0 Å². The molecular formula is C8H18N2O2S2. The molecule has 0 saturated heterocycles. The first-order valence-corrected chi connectivity index (χ1v) is 5.06. The van der Waals surface area contributed by atoms with E-state index in [0.29, 0.717) is 19.1 Å². The van der Waals surface area contributed by atoms with Crippen LogP contribution in [0.4, 0.5) is 0 Å². The Labute approximate surface area is 95.9 Å². The highest BCUT2D eigenvalue weighted by atomic mass is 32.1. The van der Waals surface area contributed by atoms with Gasteiger partial charge >= 0.3 is 0 Å². The highest BCUT2D eigenvalue weighted by molar-refractivity contribution is 7.80. The second-order valence-corrected chi connectivity index (χ2v) is 3.58. The smallest absolute Gasteiger partial charge is 0.253 e. The van der Waals surface area contributed by atoms with Crippen molar-refractivity contribution < 1.29 is 9.47 Å². The maximum absolute atomic E-state index is 5.05. The van der Waals surface area contributed by atoms with Gasteiger partial charge in [0.15, 0.2) is 0 Å². The summed E-state index contributed by atoms with van der Waals surface area (Å²) < 4.78 is 9.36. The van der Waals surface area contributed by atoms with Crippen molar-refractivity contribution in [3.05, 3.63) is 0 Å². The summed E-state index contributed by atoms with van der Waals surface area (Å²) in [5, 5.41) is 0.260. The molecule has 84 valence electrons.